The van der Waals surface area contributed by atoms with E-state index in [4.69, 9.17) is 0 Å². The van der Waals surface area contributed by atoms with E-state index in [2.05, 4.69) is 38.1 Å². The molecule has 0 aliphatic heterocycles. The van der Waals surface area contributed by atoms with Crippen LogP contribution < -0.4 is 0 Å². The van der Waals surface area contributed by atoms with Crippen LogP contribution in [-0.4, -0.2) is 17.5 Å². The van der Waals surface area contributed by atoms with Gasteiger partial charge in [0.2, 0.25) is 0 Å². The molecule has 1 aromatic carbocycles. The van der Waals surface area contributed by atoms with Crippen molar-refractivity contribution in [3.8, 4) is 0 Å². The highest BCUT2D eigenvalue weighted by Gasteiger charge is 2.11. The Labute approximate surface area is 96.9 Å². The molecule has 0 aromatic heterocycles. The molecule has 1 unspecified atom stereocenters. The van der Waals surface area contributed by atoms with Crippen LogP contribution in [0.25, 0.3) is 0 Å². The predicted molar refractivity (Wildman–Crippen MR) is 67.2 cm³/mol. The van der Waals surface area contributed by atoms with Crippen LogP contribution in [0.1, 0.15) is 20.3 Å². The lowest BCUT2D eigenvalue weighted by Gasteiger charge is -2.17. The Morgan fingerprint density at radius 2 is 1.87 bits per heavy atom. The molecule has 0 saturated carbocycles. The summed E-state index contributed by atoms with van der Waals surface area (Å²) in [5.74, 6) is 2.11. The second kappa shape index (κ2) is 6.91. The highest BCUT2D eigenvalue weighted by molar-refractivity contribution is 7.99. The fourth-order valence-electron chi connectivity index (χ4n) is 1.48. The van der Waals surface area contributed by atoms with Crippen LogP contribution in [0, 0.1) is 11.8 Å². The topological polar surface area (TPSA) is 20.2 Å². The zero-order valence-corrected chi connectivity index (χ0v) is 10.3. The van der Waals surface area contributed by atoms with Crippen molar-refractivity contribution in [2.45, 2.75) is 25.2 Å². The molecule has 1 atom stereocenters. The number of rotatable bonds is 6. The summed E-state index contributed by atoms with van der Waals surface area (Å²) < 4.78 is 0. The maximum atomic E-state index is 9.18. The van der Waals surface area contributed by atoms with Gasteiger partial charge in [0.05, 0.1) is 0 Å². The largest absolute Gasteiger partial charge is 0.396 e. The average molecular weight is 224 g/mol. The molecule has 0 saturated heterocycles. The number of aliphatic hydroxyl groups is 1. The average Bonchev–Trinajstić information content (AvgIpc) is 2.25. The third-order valence-corrected chi connectivity index (χ3v) is 3.72. The molecule has 0 heterocycles. The van der Waals surface area contributed by atoms with Gasteiger partial charge >= 0.3 is 0 Å². The van der Waals surface area contributed by atoms with Crippen molar-refractivity contribution in [3.05, 3.63) is 30.3 Å². The van der Waals surface area contributed by atoms with Crippen molar-refractivity contribution < 1.29 is 5.11 Å². The Bertz CT molecular complexity index is 258. The van der Waals surface area contributed by atoms with Crippen molar-refractivity contribution in [2.24, 2.45) is 11.8 Å². The van der Waals surface area contributed by atoms with E-state index in [1.54, 1.807) is 0 Å². The van der Waals surface area contributed by atoms with Crippen molar-refractivity contribution in [1.82, 2.24) is 0 Å². The Balaban J connectivity index is 2.27. The summed E-state index contributed by atoms with van der Waals surface area (Å²) in [5.41, 5.74) is 0. The zero-order valence-electron chi connectivity index (χ0n) is 9.52. The molecule has 1 rings (SSSR count). The van der Waals surface area contributed by atoms with Crippen LogP contribution in [0.3, 0.4) is 0 Å². The standard InChI is InChI=1S/C13H20OS/c1-11(2)12(10-14)8-9-15-13-6-4-3-5-7-13/h3-7,11-12,14H,8-10H2,1-2H3. The van der Waals surface area contributed by atoms with E-state index >= 15 is 0 Å². The van der Waals surface area contributed by atoms with Crippen LogP contribution in [0.2, 0.25) is 0 Å². The lowest BCUT2D eigenvalue weighted by atomic mass is 9.94. The fraction of sp³-hybridized carbons (Fsp3) is 0.538. The summed E-state index contributed by atoms with van der Waals surface area (Å²) in [6.45, 7) is 4.66. The zero-order chi connectivity index (χ0) is 11.1. The first kappa shape index (κ1) is 12.6. The molecule has 0 radical (unpaired) electrons. The van der Waals surface area contributed by atoms with Crippen LogP contribution in [0.15, 0.2) is 35.2 Å². The number of thioether (sulfide) groups is 1. The third kappa shape index (κ3) is 4.72. The predicted octanol–water partition coefficient (Wildman–Crippen LogP) is 3.43. The molecule has 0 aliphatic carbocycles. The fourth-order valence-corrected chi connectivity index (χ4v) is 2.49. The molecular weight excluding hydrogens is 204 g/mol. The summed E-state index contributed by atoms with van der Waals surface area (Å²) in [6.07, 6.45) is 1.09. The third-order valence-electron chi connectivity index (χ3n) is 2.68. The molecule has 2 heteroatoms. The van der Waals surface area contributed by atoms with E-state index in [-0.39, 0.29) is 0 Å². The van der Waals surface area contributed by atoms with Gasteiger partial charge in [0.25, 0.3) is 0 Å². The first-order valence-electron chi connectivity index (χ1n) is 5.52. The highest BCUT2D eigenvalue weighted by Crippen LogP contribution is 2.22. The smallest absolute Gasteiger partial charge is 0.0462 e. The van der Waals surface area contributed by atoms with E-state index < -0.39 is 0 Å². The Morgan fingerprint density at radius 3 is 2.40 bits per heavy atom. The van der Waals surface area contributed by atoms with Gasteiger partial charge in [-0.2, -0.15) is 0 Å². The number of aliphatic hydroxyl groups excluding tert-OH is 1. The van der Waals surface area contributed by atoms with Gasteiger partial charge in [0.15, 0.2) is 0 Å². The van der Waals surface area contributed by atoms with Gasteiger partial charge in [-0.15, -0.1) is 11.8 Å². The number of hydrogen-bond acceptors (Lipinski definition) is 2. The van der Waals surface area contributed by atoms with E-state index in [1.165, 1.54) is 4.90 Å². The molecular formula is C13H20OS. The highest BCUT2D eigenvalue weighted by atomic mass is 32.2. The summed E-state index contributed by atoms with van der Waals surface area (Å²) in [5, 5.41) is 9.18. The second-order valence-corrected chi connectivity index (χ2v) is 5.31. The van der Waals surface area contributed by atoms with E-state index in [0.29, 0.717) is 18.4 Å². The molecule has 0 spiro atoms. The van der Waals surface area contributed by atoms with Gasteiger partial charge in [-0.25, -0.2) is 0 Å². The van der Waals surface area contributed by atoms with Gasteiger partial charge < -0.3 is 5.11 Å². The quantitative estimate of drug-likeness (QED) is 0.747. The van der Waals surface area contributed by atoms with Crippen molar-refractivity contribution in [1.29, 1.82) is 0 Å². The van der Waals surface area contributed by atoms with Crippen LogP contribution >= 0.6 is 11.8 Å². The van der Waals surface area contributed by atoms with Crippen LogP contribution in [0.5, 0.6) is 0 Å². The van der Waals surface area contributed by atoms with Gasteiger partial charge in [-0.05, 0) is 36.1 Å². The van der Waals surface area contributed by atoms with E-state index in [9.17, 15) is 5.11 Å². The monoisotopic (exact) mass is 224 g/mol. The Morgan fingerprint density at radius 1 is 1.20 bits per heavy atom. The second-order valence-electron chi connectivity index (χ2n) is 4.14. The molecule has 84 valence electrons. The summed E-state index contributed by atoms with van der Waals surface area (Å²) in [4.78, 5) is 1.32. The lowest BCUT2D eigenvalue weighted by Crippen LogP contribution is -2.14. The molecule has 15 heavy (non-hydrogen) atoms. The minimum atomic E-state index is 0.313. The first-order chi connectivity index (χ1) is 7.24. The molecule has 0 fully saturated rings. The minimum Gasteiger partial charge on any atom is -0.396 e. The van der Waals surface area contributed by atoms with Gasteiger partial charge in [0.1, 0.15) is 0 Å². The van der Waals surface area contributed by atoms with E-state index in [0.717, 1.165) is 12.2 Å². The summed E-state index contributed by atoms with van der Waals surface area (Å²) >= 11 is 1.87. The van der Waals surface area contributed by atoms with E-state index in [1.807, 2.05) is 17.8 Å². The van der Waals surface area contributed by atoms with Crippen molar-refractivity contribution in [3.63, 3.8) is 0 Å². The van der Waals surface area contributed by atoms with Gasteiger partial charge in [-0.1, -0.05) is 32.0 Å². The maximum absolute atomic E-state index is 9.18. The minimum absolute atomic E-state index is 0.313. The summed E-state index contributed by atoms with van der Waals surface area (Å²) in [7, 11) is 0. The van der Waals surface area contributed by atoms with Crippen LogP contribution in [-0.2, 0) is 0 Å². The molecule has 1 nitrogen and oxygen atoms in total. The number of hydrogen-bond donors (Lipinski definition) is 1. The Kier molecular flexibility index (Phi) is 5.81. The maximum Gasteiger partial charge on any atom is 0.0462 e. The molecule has 0 aliphatic rings. The lowest BCUT2D eigenvalue weighted by molar-refractivity contribution is 0.187. The molecule has 0 amide bonds. The van der Waals surface area contributed by atoms with Crippen LogP contribution in [0.4, 0.5) is 0 Å². The van der Waals surface area contributed by atoms with Gasteiger partial charge in [0, 0.05) is 11.5 Å². The number of benzene rings is 1. The first-order valence-corrected chi connectivity index (χ1v) is 6.51. The van der Waals surface area contributed by atoms with Crippen molar-refractivity contribution in [2.75, 3.05) is 12.4 Å². The normalized spacial score (nSPS) is 13.1. The Hall–Kier alpha value is -0.470. The van der Waals surface area contributed by atoms with Crippen molar-refractivity contribution >= 4 is 11.8 Å². The molecule has 1 N–H and O–H groups in total. The SMILES string of the molecule is CC(C)C(CO)CCSc1ccccc1. The summed E-state index contributed by atoms with van der Waals surface area (Å²) in [6, 6.07) is 10.4. The molecule has 0 bridgehead atoms. The van der Waals surface area contributed by atoms with Gasteiger partial charge in [-0.3, -0.25) is 0 Å². The molecule has 1 aromatic rings.